The first kappa shape index (κ1) is 99.0. The summed E-state index contributed by atoms with van der Waals surface area (Å²) in [5.74, 6) is -13.8. The van der Waals surface area contributed by atoms with Crippen LogP contribution < -0.4 is 57.1 Å². The van der Waals surface area contributed by atoms with Crippen LogP contribution in [0.2, 0.25) is 0 Å². The highest BCUT2D eigenvalue weighted by molar-refractivity contribution is 14.1. The van der Waals surface area contributed by atoms with Gasteiger partial charge in [-0.2, -0.15) is 0 Å². The Bertz CT molecular complexity index is 2690. The van der Waals surface area contributed by atoms with Crippen LogP contribution in [0.4, 0.5) is 0 Å². The normalized spacial score (nSPS) is 12.7. The molecule has 0 heterocycles. The van der Waals surface area contributed by atoms with Gasteiger partial charge in [0.2, 0.25) is 59.1 Å². The number of halogens is 1. The standard InChI is InChI=1S/C67H114IN11O28/c68-79-46(62(69)91)17-15-16-30-70-52(80)25-21-49(65(96)97)76-58(86)43-105-40-38-103-35-32-72-54(82)27-23-51(67(100)101)78-60(88)45-107-42-39-104-36-33-73-55(83)28-22-50(66(98)99)77-59(87)44-106-41-37-102-34-31-71-53(81)26-20-47(63(92)93)75-57(85)29-24-48(64(94)95)74-56(84)18-13-11-9-7-5-3-1-2-4-6-8-10-12-14-19-61(89)90/h46-51,79H,1-45H2,(H2,69,91)(H,70,80)(H,71,81)(H,72,82)(H,73,83)(H,74,84)(H,75,85)(H,76,86)(H,77,87)(H,78,88)(H,89,90)(H,92,93)(H,94,95)(H,96,97)(H,98,99)(H,100,101)/t46-,47-,48-,49-,50-,51-/m0/s1. The maximum Gasteiger partial charge on any atom is 0.326 e. The molecule has 107 heavy (non-hydrogen) atoms. The predicted molar refractivity (Wildman–Crippen MR) is 386 cm³/mol. The highest BCUT2D eigenvalue weighted by Crippen LogP contribution is 2.15. The van der Waals surface area contributed by atoms with Crippen LogP contribution in [0.5, 0.6) is 0 Å². The van der Waals surface area contributed by atoms with E-state index in [-0.39, 0.29) is 150 Å². The molecule has 0 saturated carbocycles. The Morgan fingerprint density at radius 1 is 0.262 bits per heavy atom. The van der Waals surface area contributed by atoms with Crippen molar-refractivity contribution >= 4 is 118 Å². The van der Waals surface area contributed by atoms with Gasteiger partial charge in [0.15, 0.2) is 0 Å². The summed E-state index contributed by atoms with van der Waals surface area (Å²) in [7, 11) is 0. The topological polar surface area (TPSA) is 596 Å². The fourth-order valence-corrected chi connectivity index (χ4v) is 10.5. The number of carboxylic acids is 6. The Labute approximate surface area is 635 Å². The molecule has 18 N–H and O–H groups in total. The molecule has 0 saturated heterocycles. The van der Waals surface area contributed by atoms with Gasteiger partial charge >= 0.3 is 35.8 Å². The van der Waals surface area contributed by atoms with Crippen LogP contribution in [-0.2, 0) is 105 Å². The largest absolute Gasteiger partial charge is 0.481 e. The number of amides is 10. The van der Waals surface area contributed by atoms with E-state index in [0.717, 1.165) is 70.6 Å². The van der Waals surface area contributed by atoms with Crippen LogP contribution in [0.15, 0.2) is 0 Å². The second-order valence-electron chi connectivity index (χ2n) is 24.8. The van der Waals surface area contributed by atoms with E-state index < -0.39 is 157 Å². The summed E-state index contributed by atoms with van der Waals surface area (Å²) in [5.41, 5.74) is 5.27. The molecule has 10 amide bonds. The monoisotopic (exact) mass is 1650 g/mol. The van der Waals surface area contributed by atoms with E-state index in [4.69, 9.17) is 39.3 Å². The van der Waals surface area contributed by atoms with Crippen LogP contribution >= 0.6 is 22.9 Å². The highest BCUT2D eigenvalue weighted by atomic mass is 127. The number of ether oxygens (including phenoxy) is 6. The Balaban J connectivity index is 4.18. The number of carboxylic acid groups (broad SMARTS) is 6. The molecule has 0 aliphatic heterocycles. The fourth-order valence-electron chi connectivity index (χ4n) is 9.84. The van der Waals surface area contributed by atoms with E-state index in [1.807, 2.05) is 22.9 Å². The number of carbonyl (C=O) groups is 16. The summed E-state index contributed by atoms with van der Waals surface area (Å²) < 4.78 is 34.4. The molecule has 0 radical (unpaired) electrons. The van der Waals surface area contributed by atoms with E-state index in [1.54, 1.807) is 0 Å². The molecule has 0 aromatic rings. The SMILES string of the molecule is NC(=O)[C@H](CCCCNC(=O)CC[C@H](NC(=O)COCCOCCNC(=O)CC[C@H](NC(=O)COCCOCCNC(=O)CC[C@H](NC(=O)COCCOCCNC(=O)CC[C@H](NC(=O)CC[C@H](NC(=O)CCCCCCCCCCCCCCCCC(=O)O)C(=O)O)C(=O)O)C(=O)O)C(=O)O)C(=O)O)NI. The van der Waals surface area contributed by atoms with Gasteiger partial charge < -0.3 is 113 Å². The van der Waals surface area contributed by atoms with Crippen LogP contribution in [0.25, 0.3) is 0 Å². The van der Waals surface area contributed by atoms with E-state index in [0.29, 0.717) is 32.2 Å². The van der Waals surface area contributed by atoms with Crippen LogP contribution in [0.1, 0.15) is 186 Å². The van der Waals surface area contributed by atoms with E-state index in [1.165, 1.54) is 12.8 Å². The Kier molecular flexibility index (Phi) is 60.2. The summed E-state index contributed by atoms with van der Waals surface area (Å²) >= 11 is 1.83. The average molecular weight is 1650 g/mol. The van der Waals surface area contributed by atoms with Crippen molar-refractivity contribution in [3.05, 3.63) is 0 Å². The zero-order valence-corrected chi connectivity index (χ0v) is 63.1. The smallest absolute Gasteiger partial charge is 0.326 e. The molecule has 0 aliphatic carbocycles. The van der Waals surface area contributed by atoms with E-state index in [2.05, 4.69) is 51.4 Å². The first-order valence-electron chi connectivity index (χ1n) is 36.2. The van der Waals surface area contributed by atoms with Crippen molar-refractivity contribution in [1.29, 1.82) is 0 Å². The molecule has 6 atom stereocenters. The molecule has 612 valence electrons. The molecule has 39 nitrogen and oxygen atoms in total. The van der Waals surface area contributed by atoms with E-state index >= 15 is 0 Å². The Hall–Kier alpha value is -8.03. The lowest BCUT2D eigenvalue weighted by Gasteiger charge is -2.17. The van der Waals surface area contributed by atoms with Crippen molar-refractivity contribution in [3.63, 3.8) is 0 Å². The second kappa shape index (κ2) is 65.1. The van der Waals surface area contributed by atoms with Crippen molar-refractivity contribution in [2.24, 2.45) is 5.73 Å². The van der Waals surface area contributed by atoms with Crippen molar-refractivity contribution < 1.29 is 136 Å². The maximum atomic E-state index is 12.6. The summed E-state index contributed by atoms with van der Waals surface area (Å²) in [5, 5.41) is 78.3. The zero-order chi connectivity index (χ0) is 79.8. The first-order valence-corrected chi connectivity index (χ1v) is 37.2. The number of nitrogens with two attached hydrogens (primary N) is 1. The number of aliphatic carboxylic acids is 6. The Morgan fingerprint density at radius 3 is 0.794 bits per heavy atom. The van der Waals surface area contributed by atoms with Gasteiger partial charge in [-0.3, -0.25) is 52.7 Å². The minimum atomic E-state index is -1.47. The molecule has 0 aromatic carbocycles. The van der Waals surface area contributed by atoms with Crippen molar-refractivity contribution in [2.45, 2.75) is 222 Å². The molecular formula is C67H114IN11O28. The molecule has 0 rings (SSSR count). The fraction of sp³-hybridized carbons (Fsp3) is 0.761. The lowest BCUT2D eigenvalue weighted by Crippen LogP contribution is -2.44. The predicted octanol–water partition coefficient (Wildman–Crippen LogP) is -0.411. The zero-order valence-electron chi connectivity index (χ0n) is 60.9. The van der Waals surface area contributed by atoms with E-state index in [9.17, 15) is 102 Å². The average Bonchev–Trinajstić information content (AvgIpc) is 0.932. The lowest BCUT2D eigenvalue weighted by atomic mass is 10.0. The number of unbranched alkanes of at least 4 members (excludes halogenated alkanes) is 14. The van der Waals surface area contributed by atoms with Gasteiger partial charge in [0, 0.05) is 94.0 Å². The molecular weight excluding hydrogens is 1530 g/mol. The molecule has 0 bridgehead atoms. The van der Waals surface area contributed by atoms with Crippen LogP contribution in [0, 0.1) is 0 Å². The Morgan fingerprint density at radius 2 is 0.514 bits per heavy atom. The molecule has 40 heteroatoms. The van der Waals surface area contributed by atoms with Gasteiger partial charge in [0.25, 0.3) is 0 Å². The highest BCUT2D eigenvalue weighted by Gasteiger charge is 2.27. The molecule has 0 aromatic heterocycles. The molecule has 0 fully saturated rings. The summed E-state index contributed by atoms with van der Waals surface area (Å²) in [4.78, 5) is 192. The second-order valence-corrected chi connectivity index (χ2v) is 25.4. The van der Waals surface area contributed by atoms with Gasteiger partial charge in [-0.05, 0) is 64.2 Å². The van der Waals surface area contributed by atoms with Gasteiger partial charge in [-0.1, -0.05) is 77.0 Å². The number of rotatable bonds is 73. The number of hydrogen-bond donors (Lipinski definition) is 17. The van der Waals surface area contributed by atoms with Crippen molar-refractivity contribution in [1.82, 2.24) is 51.4 Å². The quantitative estimate of drug-likeness (QED) is 0.0209. The van der Waals surface area contributed by atoms with Crippen molar-refractivity contribution in [2.75, 3.05) is 105 Å². The van der Waals surface area contributed by atoms with Gasteiger partial charge in [-0.25, -0.2) is 27.5 Å². The van der Waals surface area contributed by atoms with Crippen LogP contribution in [0.3, 0.4) is 0 Å². The van der Waals surface area contributed by atoms with Crippen LogP contribution in [-0.4, -0.2) is 267 Å². The lowest BCUT2D eigenvalue weighted by molar-refractivity contribution is -0.143. The van der Waals surface area contributed by atoms with Gasteiger partial charge in [-0.15, -0.1) is 0 Å². The third-order valence-electron chi connectivity index (χ3n) is 15.7. The minimum Gasteiger partial charge on any atom is -0.481 e. The summed E-state index contributed by atoms with van der Waals surface area (Å²) in [6.07, 6.45) is 13.4. The maximum absolute atomic E-state index is 12.6. The number of carbonyl (C=O) groups excluding carboxylic acids is 10. The number of hydrogen-bond acceptors (Lipinski definition) is 23. The number of nitrogens with one attached hydrogen (secondary N) is 10. The molecule has 0 spiro atoms. The van der Waals surface area contributed by atoms with Gasteiger partial charge in [0.1, 0.15) is 50.0 Å². The molecule has 0 unspecified atom stereocenters. The van der Waals surface area contributed by atoms with Gasteiger partial charge in [0.05, 0.1) is 65.5 Å². The summed E-state index contributed by atoms with van der Waals surface area (Å²) in [6.45, 7) is -1.58. The first-order chi connectivity index (χ1) is 51.1. The third kappa shape index (κ3) is 59.7. The number of primary amides is 1. The third-order valence-corrected chi connectivity index (χ3v) is 16.5. The summed E-state index contributed by atoms with van der Waals surface area (Å²) in [6, 6.07) is -7.53. The minimum absolute atomic E-state index is 0.0000750. The molecule has 0 aliphatic rings. The van der Waals surface area contributed by atoms with Crippen molar-refractivity contribution in [3.8, 4) is 0 Å².